The van der Waals surface area contributed by atoms with E-state index in [0.717, 1.165) is 31.7 Å². The summed E-state index contributed by atoms with van der Waals surface area (Å²) < 4.78 is 13.1. The second-order valence-electron chi connectivity index (χ2n) is 5.54. The lowest BCUT2D eigenvalue weighted by atomic mass is 10.1. The summed E-state index contributed by atoms with van der Waals surface area (Å²) in [5.41, 5.74) is 2.32. The Morgan fingerprint density at radius 3 is 3.00 bits per heavy atom. The predicted molar refractivity (Wildman–Crippen MR) is 77.7 cm³/mol. The molecule has 1 aromatic rings. The van der Waals surface area contributed by atoms with Crippen LogP contribution in [-0.4, -0.2) is 30.6 Å². The molecule has 2 rings (SSSR count). The van der Waals surface area contributed by atoms with Crippen LogP contribution in [0.5, 0.6) is 0 Å². The maximum atomic E-state index is 13.1. The zero-order valence-electron chi connectivity index (χ0n) is 12.1. The van der Waals surface area contributed by atoms with Crippen LogP contribution in [0.15, 0.2) is 18.2 Å². The van der Waals surface area contributed by atoms with Gasteiger partial charge in [0.1, 0.15) is 5.82 Å². The zero-order valence-corrected chi connectivity index (χ0v) is 12.1. The number of aryl methyl sites for hydroxylation is 1. The molecule has 1 aliphatic rings. The lowest BCUT2D eigenvalue weighted by Crippen LogP contribution is -2.37. The van der Waals surface area contributed by atoms with Crippen molar-refractivity contribution in [2.45, 2.75) is 45.7 Å². The van der Waals surface area contributed by atoms with Crippen LogP contribution in [0.4, 0.5) is 4.39 Å². The van der Waals surface area contributed by atoms with Crippen molar-refractivity contribution in [1.29, 1.82) is 0 Å². The van der Waals surface area contributed by atoms with E-state index in [-0.39, 0.29) is 5.82 Å². The molecule has 1 fully saturated rings. The van der Waals surface area contributed by atoms with Crippen LogP contribution < -0.4 is 5.32 Å². The highest BCUT2D eigenvalue weighted by atomic mass is 19.1. The number of hydrogen-bond donors (Lipinski definition) is 1. The molecule has 106 valence electrons. The van der Waals surface area contributed by atoms with Gasteiger partial charge in [-0.15, -0.1) is 0 Å². The van der Waals surface area contributed by atoms with Gasteiger partial charge in [0.25, 0.3) is 0 Å². The fraction of sp³-hybridized carbons (Fsp3) is 0.625. The van der Waals surface area contributed by atoms with Gasteiger partial charge < -0.3 is 5.32 Å². The molecular weight excluding hydrogens is 239 g/mol. The van der Waals surface area contributed by atoms with E-state index >= 15 is 0 Å². The number of nitrogens with zero attached hydrogens (tertiary/aromatic N) is 1. The quantitative estimate of drug-likeness (QED) is 0.794. The van der Waals surface area contributed by atoms with Crippen molar-refractivity contribution in [3.05, 3.63) is 35.1 Å². The molecule has 1 unspecified atom stereocenters. The molecule has 0 spiro atoms. The second-order valence-corrected chi connectivity index (χ2v) is 5.54. The van der Waals surface area contributed by atoms with E-state index in [9.17, 15) is 4.39 Å². The minimum absolute atomic E-state index is 0.135. The predicted octanol–water partition coefficient (Wildman–Crippen LogP) is 3.10. The molecule has 19 heavy (non-hydrogen) atoms. The fourth-order valence-electron chi connectivity index (χ4n) is 2.84. The fourth-order valence-corrected chi connectivity index (χ4v) is 2.84. The highest BCUT2D eigenvalue weighted by Crippen LogP contribution is 2.21. The lowest BCUT2D eigenvalue weighted by molar-refractivity contribution is 0.239. The van der Waals surface area contributed by atoms with Crippen LogP contribution in [0.2, 0.25) is 0 Å². The number of hydrogen-bond acceptors (Lipinski definition) is 2. The molecule has 1 aliphatic heterocycles. The van der Waals surface area contributed by atoms with Crippen molar-refractivity contribution in [3.8, 4) is 0 Å². The Morgan fingerprint density at radius 1 is 1.42 bits per heavy atom. The van der Waals surface area contributed by atoms with E-state index in [1.165, 1.54) is 24.8 Å². The van der Waals surface area contributed by atoms with Crippen molar-refractivity contribution in [1.82, 2.24) is 10.2 Å². The van der Waals surface area contributed by atoms with Gasteiger partial charge in [-0.1, -0.05) is 13.0 Å². The molecule has 1 N–H and O–H groups in total. The Labute approximate surface area is 116 Å². The van der Waals surface area contributed by atoms with Crippen LogP contribution >= 0.6 is 0 Å². The van der Waals surface area contributed by atoms with E-state index in [0.29, 0.717) is 6.04 Å². The summed E-state index contributed by atoms with van der Waals surface area (Å²) in [4.78, 5) is 2.53. The second kappa shape index (κ2) is 7.01. The molecule has 1 saturated heterocycles. The Morgan fingerprint density at radius 2 is 2.26 bits per heavy atom. The first kappa shape index (κ1) is 14.5. The largest absolute Gasteiger partial charge is 0.315 e. The highest BCUT2D eigenvalue weighted by Gasteiger charge is 2.24. The molecule has 0 bridgehead atoms. The van der Waals surface area contributed by atoms with Gasteiger partial charge in [0.05, 0.1) is 0 Å². The summed E-state index contributed by atoms with van der Waals surface area (Å²) in [5.74, 6) is -0.135. The molecule has 3 heteroatoms. The standard InChI is InChI=1S/C16H25FN2/c1-3-8-18-11-16-5-4-9-19(16)12-14-6-7-15(17)10-13(14)2/h6-7,10,16,18H,3-5,8-9,11-12H2,1-2H3. The molecule has 0 saturated carbocycles. The molecule has 2 nitrogen and oxygen atoms in total. The van der Waals surface area contributed by atoms with E-state index in [2.05, 4.69) is 17.1 Å². The first-order chi connectivity index (χ1) is 9.20. The molecule has 1 atom stereocenters. The summed E-state index contributed by atoms with van der Waals surface area (Å²) in [6.45, 7) is 8.48. The van der Waals surface area contributed by atoms with Gasteiger partial charge >= 0.3 is 0 Å². The molecular formula is C16H25FN2. The van der Waals surface area contributed by atoms with Crippen molar-refractivity contribution in [3.63, 3.8) is 0 Å². The smallest absolute Gasteiger partial charge is 0.123 e. The van der Waals surface area contributed by atoms with Crippen molar-refractivity contribution < 1.29 is 4.39 Å². The number of halogens is 1. The van der Waals surface area contributed by atoms with E-state index < -0.39 is 0 Å². The minimum Gasteiger partial charge on any atom is -0.315 e. The summed E-state index contributed by atoms with van der Waals surface area (Å²) in [7, 11) is 0. The number of rotatable bonds is 6. The first-order valence-electron chi connectivity index (χ1n) is 7.40. The summed E-state index contributed by atoms with van der Waals surface area (Å²) in [5, 5.41) is 3.51. The van der Waals surface area contributed by atoms with Gasteiger partial charge in [0.15, 0.2) is 0 Å². The average Bonchev–Trinajstić information content (AvgIpc) is 2.81. The van der Waals surface area contributed by atoms with Crippen molar-refractivity contribution in [2.75, 3.05) is 19.6 Å². The first-order valence-corrected chi connectivity index (χ1v) is 7.40. The van der Waals surface area contributed by atoms with Gasteiger partial charge in [0, 0.05) is 19.1 Å². The van der Waals surface area contributed by atoms with Crippen LogP contribution in [0.25, 0.3) is 0 Å². The Bertz CT molecular complexity index is 406. The average molecular weight is 264 g/mol. The topological polar surface area (TPSA) is 15.3 Å². The van der Waals surface area contributed by atoms with Crippen LogP contribution in [0.1, 0.15) is 37.3 Å². The van der Waals surface area contributed by atoms with Gasteiger partial charge in [-0.25, -0.2) is 4.39 Å². The Kier molecular flexibility index (Phi) is 5.34. The van der Waals surface area contributed by atoms with Crippen LogP contribution in [0, 0.1) is 12.7 Å². The number of benzene rings is 1. The van der Waals surface area contributed by atoms with Crippen molar-refractivity contribution in [2.24, 2.45) is 0 Å². The molecule has 0 aromatic heterocycles. The summed E-state index contributed by atoms with van der Waals surface area (Å²) in [6.07, 6.45) is 3.74. The van der Waals surface area contributed by atoms with Crippen LogP contribution in [-0.2, 0) is 6.54 Å². The number of likely N-dealkylation sites (tertiary alicyclic amines) is 1. The third-order valence-corrected chi connectivity index (χ3v) is 3.98. The third-order valence-electron chi connectivity index (χ3n) is 3.98. The van der Waals surface area contributed by atoms with Gasteiger partial charge in [-0.2, -0.15) is 0 Å². The maximum absolute atomic E-state index is 13.1. The van der Waals surface area contributed by atoms with E-state index in [1.54, 1.807) is 12.1 Å². The van der Waals surface area contributed by atoms with Gasteiger partial charge in [-0.3, -0.25) is 4.90 Å². The van der Waals surface area contributed by atoms with Crippen molar-refractivity contribution >= 4 is 0 Å². The molecule has 0 aliphatic carbocycles. The summed E-state index contributed by atoms with van der Waals surface area (Å²) in [6, 6.07) is 5.77. The normalized spacial score (nSPS) is 20.1. The van der Waals surface area contributed by atoms with Crippen LogP contribution in [0.3, 0.4) is 0 Å². The monoisotopic (exact) mass is 264 g/mol. The summed E-state index contributed by atoms with van der Waals surface area (Å²) >= 11 is 0. The third kappa shape index (κ3) is 4.02. The van der Waals surface area contributed by atoms with E-state index in [4.69, 9.17) is 0 Å². The minimum atomic E-state index is -0.135. The zero-order chi connectivity index (χ0) is 13.7. The van der Waals surface area contributed by atoms with E-state index in [1.807, 2.05) is 13.0 Å². The molecule has 1 aromatic carbocycles. The maximum Gasteiger partial charge on any atom is 0.123 e. The van der Waals surface area contributed by atoms with Gasteiger partial charge in [-0.05, 0) is 62.5 Å². The Hall–Kier alpha value is -0.930. The Balaban J connectivity index is 1.93. The lowest BCUT2D eigenvalue weighted by Gasteiger charge is -2.25. The highest BCUT2D eigenvalue weighted by molar-refractivity contribution is 5.26. The molecule has 1 heterocycles. The number of nitrogens with one attached hydrogen (secondary N) is 1. The van der Waals surface area contributed by atoms with Gasteiger partial charge in [0.2, 0.25) is 0 Å². The SMILES string of the molecule is CCCNCC1CCCN1Cc1ccc(F)cc1C. The molecule has 0 radical (unpaired) electrons. The molecule has 0 amide bonds.